The van der Waals surface area contributed by atoms with Crippen molar-refractivity contribution in [3.05, 3.63) is 58.0 Å². The average molecular weight is 394 g/mol. The minimum absolute atomic E-state index is 0.177. The molecule has 3 aromatic heterocycles. The standard InChI is InChI=1S/C20H22N6O3/c1-4-29-18(27)12-24-16-8-6-5-7-15(16)19-21-17(23-26(19)20(24)28)9-10-25-14(3)11-13(2)22-25/h5-8,11H,4,9-10,12H2,1-3H3. The van der Waals surface area contributed by atoms with Gasteiger partial charge < -0.3 is 4.74 Å². The molecule has 150 valence electrons. The maximum absolute atomic E-state index is 13.0. The Kier molecular flexibility index (Phi) is 4.87. The van der Waals surface area contributed by atoms with E-state index in [1.54, 1.807) is 13.0 Å². The van der Waals surface area contributed by atoms with E-state index >= 15 is 0 Å². The number of esters is 1. The molecule has 4 rings (SSSR count). The minimum Gasteiger partial charge on any atom is -0.465 e. The van der Waals surface area contributed by atoms with Gasteiger partial charge >= 0.3 is 11.7 Å². The second kappa shape index (κ2) is 7.50. The summed E-state index contributed by atoms with van der Waals surface area (Å²) < 4.78 is 9.55. The van der Waals surface area contributed by atoms with Crippen LogP contribution >= 0.6 is 0 Å². The first kappa shape index (κ1) is 18.9. The van der Waals surface area contributed by atoms with Gasteiger partial charge in [-0.1, -0.05) is 12.1 Å². The Bertz CT molecular complexity index is 1270. The lowest BCUT2D eigenvalue weighted by molar-refractivity contribution is -0.143. The zero-order valence-corrected chi connectivity index (χ0v) is 16.6. The molecule has 0 unspecified atom stereocenters. The molecule has 0 aliphatic heterocycles. The molecule has 9 heteroatoms. The van der Waals surface area contributed by atoms with Gasteiger partial charge in [-0.05, 0) is 39.0 Å². The van der Waals surface area contributed by atoms with Crippen LogP contribution in [0.3, 0.4) is 0 Å². The molecule has 0 aliphatic rings. The molecule has 4 aromatic rings. The molecule has 29 heavy (non-hydrogen) atoms. The Morgan fingerprint density at radius 3 is 2.69 bits per heavy atom. The van der Waals surface area contributed by atoms with Crippen LogP contribution in [0.2, 0.25) is 0 Å². The predicted molar refractivity (Wildman–Crippen MR) is 107 cm³/mol. The Morgan fingerprint density at radius 2 is 1.97 bits per heavy atom. The van der Waals surface area contributed by atoms with Crippen molar-refractivity contribution in [3.63, 3.8) is 0 Å². The lowest BCUT2D eigenvalue weighted by atomic mass is 10.2. The van der Waals surface area contributed by atoms with Crippen LogP contribution in [-0.4, -0.2) is 41.5 Å². The second-order valence-electron chi connectivity index (χ2n) is 6.85. The van der Waals surface area contributed by atoms with Crippen LogP contribution in [0, 0.1) is 13.8 Å². The first-order chi connectivity index (χ1) is 14.0. The van der Waals surface area contributed by atoms with Gasteiger partial charge in [0.05, 0.1) is 17.8 Å². The van der Waals surface area contributed by atoms with Gasteiger partial charge in [0.1, 0.15) is 6.54 Å². The van der Waals surface area contributed by atoms with Crippen molar-refractivity contribution < 1.29 is 9.53 Å². The van der Waals surface area contributed by atoms with Crippen LogP contribution < -0.4 is 5.69 Å². The van der Waals surface area contributed by atoms with Gasteiger partial charge in [-0.2, -0.15) is 9.61 Å². The van der Waals surface area contributed by atoms with Gasteiger partial charge in [0.15, 0.2) is 11.5 Å². The van der Waals surface area contributed by atoms with E-state index in [2.05, 4.69) is 15.2 Å². The predicted octanol–water partition coefficient (Wildman–Crippen LogP) is 1.66. The van der Waals surface area contributed by atoms with Gasteiger partial charge in [0, 0.05) is 24.0 Å². The van der Waals surface area contributed by atoms with E-state index < -0.39 is 11.7 Å². The third-order valence-electron chi connectivity index (χ3n) is 4.74. The zero-order valence-electron chi connectivity index (χ0n) is 16.6. The van der Waals surface area contributed by atoms with E-state index in [0.717, 1.165) is 16.8 Å². The van der Waals surface area contributed by atoms with Gasteiger partial charge in [-0.15, -0.1) is 5.10 Å². The Labute approximate surface area is 166 Å². The molecule has 0 saturated carbocycles. The quantitative estimate of drug-likeness (QED) is 0.462. The number of hydrogen-bond donors (Lipinski definition) is 0. The fourth-order valence-electron chi connectivity index (χ4n) is 3.48. The lowest BCUT2D eigenvalue weighted by Gasteiger charge is -2.10. The number of nitrogens with zero attached hydrogens (tertiary/aromatic N) is 6. The number of benzene rings is 1. The smallest absolute Gasteiger partial charge is 0.351 e. The zero-order chi connectivity index (χ0) is 20.5. The van der Waals surface area contributed by atoms with Crippen molar-refractivity contribution in [3.8, 4) is 0 Å². The maximum atomic E-state index is 13.0. The van der Waals surface area contributed by atoms with Crippen molar-refractivity contribution in [1.29, 1.82) is 0 Å². The van der Waals surface area contributed by atoms with Gasteiger partial charge in [-0.25, -0.2) is 9.78 Å². The normalized spacial score (nSPS) is 11.4. The van der Waals surface area contributed by atoms with Crippen molar-refractivity contribution in [1.82, 2.24) is 28.9 Å². The van der Waals surface area contributed by atoms with E-state index in [1.807, 2.05) is 42.8 Å². The number of carbonyl (C=O) groups is 1. The number of ether oxygens (including phenoxy) is 1. The molecule has 0 amide bonds. The molecule has 0 bridgehead atoms. The highest BCUT2D eigenvalue weighted by Gasteiger charge is 2.17. The van der Waals surface area contributed by atoms with Crippen LogP contribution in [0.1, 0.15) is 24.1 Å². The summed E-state index contributed by atoms with van der Waals surface area (Å²) in [6.07, 6.45) is 0.537. The fourth-order valence-corrected chi connectivity index (χ4v) is 3.48. The number of para-hydroxylation sites is 1. The Hall–Kier alpha value is -3.49. The summed E-state index contributed by atoms with van der Waals surface area (Å²) in [6, 6.07) is 9.36. The summed E-state index contributed by atoms with van der Waals surface area (Å²) in [5.74, 6) is 0.0812. The maximum Gasteiger partial charge on any atom is 0.351 e. The average Bonchev–Trinajstić information content (AvgIpc) is 3.26. The highest BCUT2D eigenvalue weighted by atomic mass is 16.5. The summed E-state index contributed by atoms with van der Waals surface area (Å²) in [7, 11) is 0. The van der Waals surface area contributed by atoms with Crippen LogP contribution in [0.15, 0.2) is 35.1 Å². The van der Waals surface area contributed by atoms with Crippen molar-refractivity contribution in [2.75, 3.05) is 6.61 Å². The number of fused-ring (bicyclic) bond motifs is 3. The summed E-state index contributed by atoms with van der Waals surface area (Å²) in [6.45, 7) is 6.38. The Morgan fingerprint density at radius 1 is 1.17 bits per heavy atom. The van der Waals surface area contributed by atoms with Gasteiger partial charge in [0.2, 0.25) is 0 Å². The summed E-state index contributed by atoms with van der Waals surface area (Å²) in [5, 5.41) is 9.61. The molecule has 0 N–H and O–H groups in total. The summed E-state index contributed by atoms with van der Waals surface area (Å²) in [4.78, 5) is 29.6. The van der Waals surface area contributed by atoms with Crippen LogP contribution in [0.4, 0.5) is 0 Å². The molecule has 9 nitrogen and oxygen atoms in total. The highest BCUT2D eigenvalue weighted by Crippen LogP contribution is 2.17. The van der Waals surface area contributed by atoms with E-state index in [-0.39, 0.29) is 13.2 Å². The van der Waals surface area contributed by atoms with Crippen molar-refractivity contribution in [2.45, 2.75) is 40.3 Å². The lowest BCUT2D eigenvalue weighted by Crippen LogP contribution is -2.31. The largest absolute Gasteiger partial charge is 0.465 e. The molecule has 0 aliphatic carbocycles. The van der Waals surface area contributed by atoms with E-state index in [9.17, 15) is 9.59 Å². The highest BCUT2D eigenvalue weighted by molar-refractivity contribution is 5.91. The second-order valence-corrected chi connectivity index (χ2v) is 6.85. The third-order valence-corrected chi connectivity index (χ3v) is 4.74. The molecule has 3 heterocycles. The van der Waals surface area contributed by atoms with Crippen LogP contribution in [0.5, 0.6) is 0 Å². The van der Waals surface area contributed by atoms with E-state index in [4.69, 9.17) is 4.74 Å². The van der Waals surface area contributed by atoms with Crippen molar-refractivity contribution >= 4 is 22.5 Å². The molecule has 0 saturated heterocycles. The Balaban J connectivity index is 1.76. The van der Waals surface area contributed by atoms with Crippen LogP contribution in [-0.2, 0) is 29.0 Å². The number of rotatable bonds is 6. The molecule has 1 aromatic carbocycles. The molecule has 0 spiro atoms. The molecular weight excluding hydrogens is 372 g/mol. The third kappa shape index (κ3) is 3.51. The number of hydrogen-bond acceptors (Lipinski definition) is 6. The van der Waals surface area contributed by atoms with Gasteiger partial charge in [0.25, 0.3) is 0 Å². The van der Waals surface area contributed by atoms with Crippen LogP contribution in [0.25, 0.3) is 16.6 Å². The first-order valence-electron chi connectivity index (χ1n) is 9.51. The summed E-state index contributed by atoms with van der Waals surface area (Å²) in [5.41, 5.74) is 2.70. The fraction of sp³-hybridized carbons (Fsp3) is 0.350. The molecular formula is C20H22N6O3. The van der Waals surface area contributed by atoms with E-state index in [0.29, 0.717) is 30.0 Å². The molecule has 0 atom stereocenters. The number of aromatic nitrogens is 6. The number of carbonyl (C=O) groups excluding carboxylic acids is 1. The van der Waals surface area contributed by atoms with Crippen molar-refractivity contribution in [2.24, 2.45) is 0 Å². The van der Waals surface area contributed by atoms with Gasteiger partial charge in [-0.3, -0.25) is 14.0 Å². The minimum atomic E-state index is -0.469. The molecule has 0 fully saturated rings. The van der Waals surface area contributed by atoms with E-state index in [1.165, 1.54) is 9.08 Å². The first-order valence-corrected chi connectivity index (χ1v) is 9.51. The topological polar surface area (TPSA) is 96.3 Å². The summed E-state index contributed by atoms with van der Waals surface area (Å²) >= 11 is 0. The number of aryl methyl sites for hydroxylation is 4. The SMILES string of the molecule is CCOC(=O)Cn1c(=O)n2nc(CCn3nc(C)cc3C)nc2c2ccccc21. The molecule has 0 radical (unpaired) electrons. The monoisotopic (exact) mass is 394 g/mol.